The highest BCUT2D eigenvalue weighted by Gasteiger charge is 2.42. The molecular formula is C22H20N2O3. The fourth-order valence-electron chi connectivity index (χ4n) is 4.35. The molecule has 0 spiro atoms. The van der Waals surface area contributed by atoms with Crippen molar-refractivity contribution in [3.63, 3.8) is 0 Å². The number of nitrogens with zero attached hydrogens (tertiary/aromatic N) is 2. The molecule has 1 fully saturated rings. The number of rotatable bonds is 4. The number of benzene rings is 2. The summed E-state index contributed by atoms with van der Waals surface area (Å²) in [4.78, 5) is 13.5. The zero-order chi connectivity index (χ0) is 19.0. The molecule has 0 radical (unpaired) electrons. The number of carboxylic acid groups (broad SMARTS) is 1. The Bertz CT molecular complexity index is 957. The Kier molecular flexibility index (Phi) is 4.33. The number of hydrogen-bond donors (Lipinski definition) is 1. The molecule has 1 N–H and O–H groups in total. The zero-order valence-corrected chi connectivity index (χ0v) is 15.1. The number of anilines is 2. The molecular weight excluding hydrogens is 340 g/mol. The van der Waals surface area contributed by atoms with Gasteiger partial charge < -0.3 is 14.7 Å². The van der Waals surface area contributed by atoms with E-state index in [0.717, 1.165) is 29.8 Å². The first-order valence-corrected chi connectivity index (χ1v) is 9.04. The van der Waals surface area contributed by atoms with Crippen molar-refractivity contribution in [2.45, 2.75) is 31.2 Å². The Morgan fingerprint density at radius 3 is 2.70 bits per heavy atom. The number of carbonyl (C=O) groups is 1. The van der Waals surface area contributed by atoms with Crippen LogP contribution < -0.4 is 9.64 Å². The smallest absolute Gasteiger partial charge is 0.346 e. The van der Waals surface area contributed by atoms with E-state index in [4.69, 9.17) is 15.1 Å². The average Bonchev–Trinajstić information content (AvgIpc) is 3.26. The first-order chi connectivity index (χ1) is 13.1. The summed E-state index contributed by atoms with van der Waals surface area (Å²) in [6, 6.07) is 16.2. The second-order valence-corrected chi connectivity index (χ2v) is 6.97. The lowest BCUT2D eigenvalue weighted by molar-refractivity contribution is -0.132. The van der Waals surface area contributed by atoms with Crippen molar-refractivity contribution < 1.29 is 14.6 Å². The SMILES string of the molecule is COc1ccc(N2c3ccc(/C=C(\C#N)C(=O)O)cc3C3CCCC32)cc1. The summed E-state index contributed by atoms with van der Waals surface area (Å²) in [5.41, 5.74) is 4.06. The summed E-state index contributed by atoms with van der Waals surface area (Å²) in [7, 11) is 1.66. The van der Waals surface area contributed by atoms with Gasteiger partial charge >= 0.3 is 5.97 Å². The molecule has 0 amide bonds. The largest absolute Gasteiger partial charge is 0.497 e. The first kappa shape index (κ1) is 17.2. The number of aliphatic carboxylic acids is 1. The molecule has 5 nitrogen and oxygen atoms in total. The van der Waals surface area contributed by atoms with Crippen molar-refractivity contribution in [1.82, 2.24) is 0 Å². The quantitative estimate of drug-likeness (QED) is 0.643. The van der Waals surface area contributed by atoms with Crippen molar-refractivity contribution in [1.29, 1.82) is 5.26 Å². The van der Waals surface area contributed by atoms with Gasteiger partial charge in [0.15, 0.2) is 0 Å². The molecule has 27 heavy (non-hydrogen) atoms. The van der Waals surface area contributed by atoms with Crippen LogP contribution in [-0.2, 0) is 4.79 Å². The lowest BCUT2D eigenvalue weighted by Crippen LogP contribution is -2.26. The predicted octanol–water partition coefficient (Wildman–Crippen LogP) is 4.47. The van der Waals surface area contributed by atoms with Gasteiger partial charge in [-0.3, -0.25) is 0 Å². The minimum absolute atomic E-state index is 0.247. The van der Waals surface area contributed by atoms with E-state index in [1.807, 2.05) is 30.3 Å². The van der Waals surface area contributed by atoms with Crippen LogP contribution in [0.2, 0.25) is 0 Å². The molecule has 1 heterocycles. The maximum Gasteiger partial charge on any atom is 0.346 e. The molecule has 2 unspecified atom stereocenters. The van der Waals surface area contributed by atoms with Gasteiger partial charge in [-0.1, -0.05) is 12.5 Å². The standard InChI is InChI=1S/C22H20N2O3/c1-27-17-8-6-16(7-9-17)24-20-4-2-3-18(20)19-12-14(5-10-21(19)24)11-15(13-23)22(25)26/h5-12,18,20H,2-4H2,1H3,(H,25,26)/b15-11+. The highest BCUT2D eigenvalue weighted by Crippen LogP contribution is 2.52. The van der Waals surface area contributed by atoms with Crippen LogP contribution in [0.5, 0.6) is 5.75 Å². The molecule has 2 atom stereocenters. The molecule has 136 valence electrons. The Morgan fingerprint density at radius 2 is 2.04 bits per heavy atom. The zero-order valence-electron chi connectivity index (χ0n) is 15.1. The van der Waals surface area contributed by atoms with Gasteiger partial charge in [0.2, 0.25) is 0 Å². The van der Waals surface area contributed by atoms with Crippen LogP contribution in [0.1, 0.15) is 36.3 Å². The predicted molar refractivity (Wildman–Crippen MR) is 103 cm³/mol. The molecule has 1 saturated carbocycles. The lowest BCUT2D eigenvalue weighted by atomic mass is 9.95. The summed E-state index contributed by atoms with van der Waals surface area (Å²) < 4.78 is 5.27. The second-order valence-electron chi connectivity index (χ2n) is 6.97. The highest BCUT2D eigenvalue weighted by molar-refractivity contribution is 5.96. The van der Waals surface area contributed by atoms with Crippen LogP contribution in [0.15, 0.2) is 48.0 Å². The molecule has 2 aromatic rings. The van der Waals surface area contributed by atoms with Crippen molar-refractivity contribution in [3.8, 4) is 11.8 Å². The minimum atomic E-state index is -1.20. The third kappa shape index (κ3) is 2.93. The van der Waals surface area contributed by atoms with Gasteiger partial charge in [0.1, 0.15) is 17.4 Å². The molecule has 0 bridgehead atoms. The van der Waals surface area contributed by atoms with E-state index in [0.29, 0.717) is 12.0 Å². The van der Waals surface area contributed by atoms with Gasteiger partial charge in [-0.05, 0) is 66.4 Å². The monoisotopic (exact) mass is 360 g/mol. The topological polar surface area (TPSA) is 73.6 Å². The van der Waals surface area contributed by atoms with Crippen LogP contribution >= 0.6 is 0 Å². The van der Waals surface area contributed by atoms with E-state index in [2.05, 4.69) is 17.0 Å². The van der Waals surface area contributed by atoms with E-state index in [9.17, 15) is 4.79 Å². The fraction of sp³-hybridized carbons (Fsp3) is 0.273. The lowest BCUT2D eigenvalue weighted by Gasteiger charge is -2.27. The van der Waals surface area contributed by atoms with Gasteiger partial charge in [-0.25, -0.2) is 4.79 Å². The van der Waals surface area contributed by atoms with E-state index >= 15 is 0 Å². The molecule has 1 aliphatic carbocycles. The highest BCUT2D eigenvalue weighted by atomic mass is 16.5. The van der Waals surface area contributed by atoms with Crippen LogP contribution in [0, 0.1) is 11.3 Å². The Hall–Kier alpha value is -3.26. The van der Waals surface area contributed by atoms with Gasteiger partial charge in [0.05, 0.1) is 7.11 Å². The van der Waals surface area contributed by atoms with Crippen molar-refractivity contribution in [3.05, 3.63) is 59.2 Å². The summed E-state index contributed by atoms with van der Waals surface area (Å²) >= 11 is 0. The second kappa shape index (κ2) is 6.81. The summed E-state index contributed by atoms with van der Waals surface area (Å²) in [5.74, 6) is 0.0711. The van der Waals surface area contributed by atoms with E-state index < -0.39 is 5.97 Å². The number of methoxy groups -OCH3 is 1. The molecule has 5 heteroatoms. The van der Waals surface area contributed by atoms with Crippen LogP contribution in [0.25, 0.3) is 6.08 Å². The van der Waals surface area contributed by atoms with Crippen molar-refractivity contribution in [2.24, 2.45) is 0 Å². The third-order valence-electron chi connectivity index (χ3n) is 5.53. The van der Waals surface area contributed by atoms with E-state index in [-0.39, 0.29) is 5.57 Å². The fourth-order valence-corrected chi connectivity index (χ4v) is 4.35. The number of fused-ring (bicyclic) bond motifs is 3. The van der Waals surface area contributed by atoms with Gasteiger partial charge in [-0.2, -0.15) is 5.26 Å². The summed E-state index contributed by atoms with van der Waals surface area (Å²) in [5, 5.41) is 18.1. The molecule has 2 aliphatic rings. The summed E-state index contributed by atoms with van der Waals surface area (Å²) in [6.07, 6.45) is 4.89. The molecule has 0 saturated heterocycles. The Morgan fingerprint density at radius 1 is 1.26 bits per heavy atom. The summed E-state index contributed by atoms with van der Waals surface area (Å²) in [6.45, 7) is 0. The first-order valence-electron chi connectivity index (χ1n) is 9.04. The maximum atomic E-state index is 11.1. The maximum absolute atomic E-state index is 11.1. The van der Waals surface area contributed by atoms with Crippen LogP contribution in [0.3, 0.4) is 0 Å². The normalized spacial score (nSPS) is 20.7. The van der Waals surface area contributed by atoms with E-state index in [1.54, 1.807) is 13.2 Å². The van der Waals surface area contributed by atoms with Gasteiger partial charge in [0.25, 0.3) is 0 Å². The van der Waals surface area contributed by atoms with E-state index in [1.165, 1.54) is 23.7 Å². The number of hydrogen-bond acceptors (Lipinski definition) is 4. The van der Waals surface area contributed by atoms with Crippen molar-refractivity contribution >= 4 is 23.4 Å². The average molecular weight is 360 g/mol. The molecule has 1 aliphatic heterocycles. The van der Waals surface area contributed by atoms with Crippen molar-refractivity contribution in [2.75, 3.05) is 12.0 Å². The molecule has 0 aromatic heterocycles. The van der Waals surface area contributed by atoms with Crippen LogP contribution in [-0.4, -0.2) is 24.2 Å². The Labute approximate surface area is 158 Å². The Balaban J connectivity index is 1.76. The molecule has 2 aromatic carbocycles. The number of nitriles is 1. The van der Waals surface area contributed by atoms with Crippen LogP contribution in [0.4, 0.5) is 11.4 Å². The number of ether oxygens (including phenoxy) is 1. The minimum Gasteiger partial charge on any atom is -0.497 e. The van der Waals surface area contributed by atoms with Gasteiger partial charge in [0, 0.05) is 23.3 Å². The van der Waals surface area contributed by atoms with Gasteiger partial charge in [-0.15, -0.1) is 0 Å². The number of carboxylic acids is 1. The molecule has 4 rings (SSSR count). The third-order valence-corrected chi connectivity index (χ3v) is 5.53.